The molecule has 1 aliphatic heterocycles. The van der Waals surface area contributed by atoms with Crippen molar-refractivity contribution in [3.05, 3.63) is 54.1 Å². The summed E-state index contributed by atoms with van der Waals surface area (Å²) < 4.78 is 5.37. The fraction of sp³-hybridized carbons (Fsp3) is 0.294. The molecule has 1 N–H and O–H groups in total. The van der Waals surface area contributed by atoms with Crippen molar-refractivity contribution in [3.63, 3.8) is 0 Å². The number of hydrogen-bond donors (Lipinski definition) is 1. The van der Waals surface area contributed by atoms with Crippen molar-refractivity contribution in [2.24, 2.45) is 0 Å². The lowest BCUT2D eigenvalue weighted by Gasteiger charge is -2.27. The molecule has 0 aromatic heterocycles. The van der Waals surface area contributed by atoms with Crippen LogP contribution in [0.2, 0.25) is 0 Å². The number of phenols is 1. The number of phenolic OH excluding ortho intramolecular Hbond substituents is 1. The first kappa shape index (κ1) is 13.2. The summed E-state index contributed by atoms with van der Waals surface area (Å²) >= 11 is 0. The van der Waals surface area contributed by atoms with Crippen LogP contribution in [-0.4, -0.2) is 36.3 Å². The van der Waals surface area contributed by atoms with Crippen molar-refractivity contribution in [2.45, 2.75) is 6.54 Å². The molecule has 20 heavy (non-hydrogen) atoms. The van der Waals surface area contributed by atoms with E-state index in [1.165, 1.54) is 0 Å². The summed E-state index contributed by atoms with van der Waals surface area (Å²) in [6.07, 6.45) is 0. The van der Waals surface area contributed by atoms with Crippen LogP contribution in [-0.2, 0) is 11.3 Å². The highest BCUT2D eigenvalue weighted by atomic mass is 16.5. The lowest BCUT2D eigenvalue weighted by molar-refractivity contribution is 0.0342. The highest BCUT2D eigenvalue weighted by Crippen LogP contribution is 2.27. The molecule has 103 valence electrons. The Balaban J connectivity index is 1.90. The molecular formula is C17H18NO2. The average Bonchev–Trinajstić information content (AvgIpc) is 2.49. The molecule has 2 aromatic carbocycles. The third-order valence-electron chi connectivity index (χ3n) is 3.58. The molecule has 1 heterocycles. The second-order valence-electron chi connectivity index (χ2n) is 4.99. The first-order valence-corrected chi connectivity index (χ1v) is 6.92. The number of benzene rings is 2. The van der Waals surface area contributed by atoms with Crippen molar-refractivity contribution in [3.8, 4) is 16.9 Å². The zero-order valence-corrected chi connectivity index (χ0v) is 11.4. The fourth-order valence-electron chi connectivity index (χ4n) is 2.52. The van der Waals surface area contributed by atoms with Gasteiger partial charge in [0.1, 0.15) is 5.75 Å². The molecule has 1 radical (unpaired) electrons. The smallest absolute Gasteiger partial charge is 0.123 e. The monoisotopic (exact) mass is 268 g/mol. The van der Waals surface area contributed by atoms with Gasteiger partial charge in [-0.2, -0.15) is 0 Å². The summed E-state index contributed by atoms with van der Waals surface area (Å²) in [6.45, 7) is 4.20. The molecule has 0 amide bonds. The Morgan fingerprint density at radius 3 is 2.55 bits per heavy atom. The van der Waals surface area contributed by atoms with Gasteiger partial charge < -0.3 is 9.84 Å². The number of hydrogen-bond acceptors (Lipinski definition) is 3. The number of aromatic hydroxyl groups is 1. The van der Waals surface area contributed by atoms with Crippen molar-refractivity contribution >= 4 is 0 Å². The van der Waals surface area contributed by atoms with Crippen molar-refractivity contribution in [1.29, 1.82) is 0 Å². The molecule has 3 heteroatoms. The molecular weight excluding hydrogens is 250 g/mol. The number of nitrogens with zero attached hydrogens (tertiary/aromatic N) is 1. The Bertz CT molecular complexity index is 562. The first-order chi connectivity index (χ1) is 9.83. The third kappa shape index (κ3) is 3.00. The second kappa shape index (κ2) is 6.07. The van der Waals surface area contributed by atoms with E-state index in [4.69, 9.17) is 4.74 Å². The third-order valence-corrected chi connectivity index (χ3v) is 3.58. The largest absolute Gasteiger partial charge is 0.507 e. The summed E-state index contributed by atoms with van der Waals surface area (Å²) in [5.41, 5.74) is 3.33. The second-order valence-corrected chi connectivity index (χ2v) is 4.99. The molecule has 0 unspecified atom stereocenters. The van der Waals surface area contributed by atoms with Crippen molar-refractivity contribution in [2.75, 3.05) is 26.3 Å². The Morgan fingerprint density at radius 2 is 1.80 bits per heavy atom. The quantitative estimate of drug-likeness (QED) is 0.929. The minimum atomic E-state index is 0.202. The maximum Gasteiger partial charge on any atom is 0.123 e. The van der Waals surface area contributed by atoms with E-state index in [1.54, 1.807) is 6.07 Å². The Morgan fingerprint density at radius 1 is 1.05 bits per heavy atom. The Labute approximate surface area is 119 Å². The van der Waals surface area contributed by atoms with Gasteiger partial charge in [-0.25, -0.2) is 0 Å². The molecule has 0 atom stereocenters. The minimum Gasteiger partial charge on any atom is -0.507 e. The normalized spacial score (nSPS) is 16.2. The lowest BCUT2D eigenvalue weighted by atomic mass is 9.99. The zero-order chi connectivity index (χ0) is 13.8. The van der Waals surface area contributed by atoms with Crippen LogP contribution in [0.3, 0.4) is 0 Å². The zero-order valence-electron chi connectivity index (χ0n) is 11.4. The molecule has 1 saturated heterocycles. The van der Waals surface area contributed by atoms with E-state index in [0.717, 1.165) is 49.5 Å². The van der Waals surface area contributed by atoms with E-state index >= 15 is 0 Å². The van der Waals surface area contributed by atoms with Crippen molar-refractivity contribution < 1.29 is 9.84 Å². The van der Waals surface area contributed by atoms with Gasteiger partial charge in [0.25, 0.3) is 0 Å². The molecule has 3 rings (SSSR count). The van der Waals surface area contributed by atoms with Gasteiger partial charge in [-0.3, -0.25) is 4.90 Å². The van der Waals surface area contributed by atoms with Gasteiger partial charge >= 0.3 is 0 Å². The predicted molar refractivity (Wildman–Crippen MR) is 78.5 cm³/mol. The molecule has 0 bridgehead atoms. The first-order valence-electron chi connectivity index (χ1n) is 6.92. The van der Waals surface area contributed by atoms with Crippen LogP contribution < -0.4 is 0 Å². The predicted octanol–water partition coefficient (Wildman–Crippen LogP) is 2.69. The Kier molecular flexibility index (Phi) is 4.00. The van der Waals surface area contributed by atoms with Crippen LogP contribution >= 0.6 is 0 Å². The summed E-state index contributed by atoms with van der Waals surface area (Å²) in [5, 5.41) is 9.72. The van der Waals surface area contributed by atoms with Crippen LogP contribution in [0.1, 0.15) is 5.56 Å². The lowest BCUT2D eigenvalue weighted by Crippen LogP contribution is -2.35. The van der Waals surface area contributed by atoms with Crippen LogP contribution in [0.25, 0.3) is 11.1 Å². The van der Waals surface area contributed by atoms with Gasteiger partial charge in [0.15, 0.2) is 0 Å². The Hall–Kier alpha value is -1.84. The van der Waals surface area contributed by atoms with Gasteiger partial charge in [0.05, 0.1) is 13.2 Å². The van der Waals surface area contributed by atoms with E-state index in [-0.39, 0.29) is 5.75 Å². The van der Waals surface area contributed by atoms with Crippen molar-refractivity contribution in [1.82, 2.24) is 4.90 Å². The van der Waals surface area contributed by atoms with Gasteiger partial charge in [-0.05, 0) is 22.8 Å². The SMILES string of the molecule is Oc1[c]c(CN2CCOCC2)c(-c2ccccc2)cc1. The number of rotatable bonds is 3. The number of morpholine rings is 1. The van der Waals surface area contributed by atoms with Gasteiger partial charge in [-0.15, -0.1) is 0 Å². The topological polar surface area (TPSA) is 32.7 Å². The molecule has 1 aliphatic rings. The summed E-state index contributed by atoms with van der Waals surface area (Å²) in [6, 6.07) is 17.0. The van der Waals surface area contributed by atoms with Crippen LogP contribution in [0, 0.1) is 6.07 Å². The molecule has 1 fully saturated rings. The van der Waals surface area contributed by atoms with E-state index in [9.17, 15) is 5.11 Å². The molecule has 3 nitrogen and oxygen atoms in total. The average molecular weight is 268 g/mol. The standard InChI is InChI=1S/C17H18NO2/c19-16-6-7-17(14-4-2-1-3-5-14)15(12-16)13-18-8-10-20-11-9-18/h1-7,19H,8-11,13H2. The van der Waals surface area contributed by atoms with E-state index < -0.39 is 0 Å². The fourth-order valence-corrected chi connectivity index (χ4v) is 2.52. The summed E-state index contributed by atoms with van der Waals surface area (Å²) in [7, 11) is 0. The highest BCUT2D eigenvalue weighted by Gasteiger charge is 2.14. The summed E-state index contributed by atoms with van der Waals surface area (Å²) in [4.78, 5) is 2.33. The minimum absolute atomic E-state index is 0.202. The maximum absolute atomic E-state index is 9.72. The molecule has 2 aromatic rings. The molecule has 0 saturated carbocycles. The maximum atomic E-state index is 9.72. The van der Waals surface area contributed by atoms with E-state index in [2.05, 4.69) is 23.1 Å². The van der Waals surface area contributed by atoms with Crippen LogP contribution in [0.4, 0.5) is 0 Å². The van der Waals surface area contributed by atoms with E-state index in [1.807, 2.05) is 24.3 Å². The van der Waals surface area contributed by atoms with Gasteiger partial charge in [0, 0.05) is 25.7 Å². The highest BCUT2D eigenvalue weighted by molar-refractivity contribution is 5.67. The van der Waals surface area contributed by atoms with Gasteiger partial charge in [-0.1, -0.05) is 36.4 Å². The van der Waals surface area contributed by atoms with Crippen LogP contribution in [0.5, 0.6) is 5.75 Å². The summed E-state index contributed by atoms with van der Waals surface area (Å²) in [5.74, 6) is 0.202. The van der Waals surface area contributed by atoms with E-state index in [0.29, 0.717) is 0 Å². The van der Waals surface area contributed by atoms with Gasteiger partial charge in [0.2, 0.25) is 0 Å². The van der Waals surface area contributed by atoms with Crippen LogP contribution in [0.15, 0.2) is 42.5 Å². The molecule has 0 aliphatic carbocycles. The number of ether oxygens (including phenoxy) is 1. The molecule has 0 spiro atoms.